The molecule has 0 fully saturated rings. The Kier molecular flexibility index (Phi) is 40.0. The van der Waals surface area contributed by atoms with Crippen LogP contribution in [0.4, 0.5) is 0 Å². The van der Waals surface area contributed by atoms with Gasteiger partial charge in [-0.25, -0.2) is 4.57 Å². The fourth-order valence-corrected chi connectivity index (χ4v) is 7.56. The van der Waals surface area contributed by atoms with Crippen molar-refractivity contribution in [3.05, 3.63) is 0 Å². The summed E-state index contributed by atoms with van der Waals surface area (Å²) in [5, 5.41) is 0. The monoisotopic (exact) mass is 775 g/mol. The SMILES string of the molecule is CCCCCCCCCCCCCCCCCCCCCCCCCC(=O)OC(COC(=O)CCCCCCCCCCCC)COP(=O)(O)OCC. The van der Waals surface area contributed by atoms with Gasteiger partial charge in [-0.15, -0.1) is 0 Å². The van der Waals surface area contributed by atoms with Gasteiger partial charge in [-0.1, -0.05) is 213 Å². The molecule has 53 heavy (non-hydrogen) atoms. The third-order valence-corrected chi connectivity index (χ3v) is 11.2. The average molecular weight is 775 g/mol. The lowest BCUT2D eigenvalue weighted by Gasteiger charge is -2.19. The van der Waals surface area contributed by atoms with Crippen LogP contribution in [0, 0.1) is 0 Å². The predicted octanol–water partition coefficient (Wildman–Crippen LogP) is 14.3. The van der Waals surface area contributed by atoms with Gasteiger partial charge < -0.3 is 14.4 Å². The van der Waals surface area contributed by atoms with Crippen LogP contribution in [-0.2, 0) is 32.7 Å². The van der Waals surface area contributed by atoms with E-state index < -0.39 is 19.9 Å². The summed E-state index contributed by atoms with van der Waals surface area (Å²) in [7, 11) is -4.27. The number of rotatable bonds is 43. The number of hydrogen-bond donors (Lipinski definition) is 1. The van der Waals surface area contributed by atoms with E-state index in [9.17, 15) is 19.0 Å². The molecule has 0 amide bonds. The number of carbonyl (C=O) groups is 2. The summed E-state index contributed by atoms with van der Waals surface area (Å²) in [6, 6.07) is 0. The van der Waals surface area contributed by atoms with Crippen molar-refractivity contribution in [1.82, 2.24) is 0 Å². The van der Waals surface area contributed by atoms with E-state index in [0.717, 1.165) is 38.5 Å². The normalized spacial score (nSPS) is 13.2. The Balaban J connectivity index is 3.90. The van der Waals surface area contributed by atoms with Crippen molar-refractivity contribution in [2.75, 3.05) is 19.8 Å². The maximum atomic E-state index is 12.6. The van der Waals surface area contributed by atoms with Crippen molar-refractivity contribution in [3.63, 3.8) is 0 Å². The lowest BCUT2D eigenvalue weighted by molar-refractivity contribution is -0.161. The number of unbranched alkanes of at least 4 members (excludes halogenated alkanes) is 31. The van der Waals surface area contributed by atoms with E-state index in [1.165, 1.54) is 173 Å². The van der Waals surface area contributed by atoms with E-state index in [1.807, 2.05) is 0 Å². The van der Waals surface area contributed by atoms with Crippen molar-refractivity contribution in [1.29, 1.82) is 0 Å². The van der Waals surface area contributed by atoms with Crippen LogP contribution in [-0.4, -0.2) is 42.8 Å². The summed E-state index contributed by atoms with van der Waals surface area (Å²) >= 11 is 0. The first-order chi connectivity index (χ1) is 25.8. The van der Waals surface area contributed by atoms with Gasteiger partial charge in [0.25, 0.3) is 0 Å². The van der Waals surface area contributed by atoms with Gasteiger partial charge in [0.1, 0.15) is 6.61 Å². The van der Waals surface area contributed by atoms with Crippen LogP contribution < -0.4 is 0 Å². The fourth-order valence-electron chi connectivity index (χ4n) is 6.81. The van der Waals surface area contributed by atoms with Gasteiger partial charge in [0.05, 0.1) is 13.2 Å². The van der Waals surface area contributed by atoms with E-state index in [4.69, 9.17) is 18.5 Å². The van der Waals surface area contributed by atoms with Gasteiger partial charge in [0.15, 0.2) is 6.10 Å². The Labute approximate surface area is 328 Å². The minimum Gasteiger partial charge on any atom is -0.462 e. The number of hydrogen-bond acceptors (Lipinski definition) is 7. The Hall–Kier alpha value is -0.950. The molecule has 1 N–H and O–H groups in total. The van der Waals surface area contributed by atoms with Crippen LogP contribution in [0.1, 0.15) is 245 Å². The van der Waals surface area contributed by atoms with Crippen molar-refractivity contribution in [2.45, 2.75) is 252 Å². The first kappa shape index (κ1) is 52.0. The van der Waals surface area contributed by atoms with E-state index >= 15 is 0 Å². The molecule has 2 atom stereocenters. The minimum atomic E-state index is -4.27. The highest BCUT2D eigenvalue weighted by Gasteiger charge is 2.25. The zero-order chi connectivity index (χ0) is 38.9. The molecule has 0 saturated carbocycles. The molecule has 0 aromatic heterocycles. The molecule has 0 aromatic rings. The highest BCUT2D eigenvalue weighted by atomic mass is 31.2. The number of carbonyl (C=O) groups excluding carboxylic acids is 2. The first-order valence-electron chi connectivity index (χ1n) is 22.8. The Morgan fingerprint density at radius 2 is 0.736 bits per heavy atom. The third-order valence-electron chi connectivity index (χ3n) is 10.2. The van der Waals surface area contributed by atoms with E-state index in [1.54, 1.807) is 6.92 Å². The molecule has 9 heteroatoms. The summed E-state index contributed by atoms with van der Waals surface area (Å²) in [5.74, 6) is -0.783. The maximum absolute atomic E-state index is 12.6. The quantitative estimate of drug-likeness (QED) is 0.0370. The lowest BCUT2D eigenvalue weighted by atomic mass is 10.0. The topological polar surface area (TPSA) is 108 Å². The van der Waals surface area contributed by atoms with Crippen LogP contribution >= 0.6 is 7.82 Å². The van der Waals surface area contributed by atoms with Gasteiger partial charge in [0.2, 0.25) is 0 Å². The van der Waals surface area contributed by atoms with Gasteiger partial charge in [-0.2, -0.15) is 0 Å². The van der Waals surface area contributed by atoms with Crippen LogP contribution in [0.3, 0.4) is 0 Å². The van der Waals surface area contributed by atoms with E-state index in [2.05, 4.69) is 13.8 Å². The molecule has 0 aliphatic rings. The van der Waals surface area contributed by atoms with Gasteiger partial charge >= 0.3 is 19.8 Å². The smallest absolute Gasteiger partial charge is 0.462 e. The van der Waals surface area contributed by atoms with Gasteiger partial charge in [-0.05, 0) is 19.8 Å². The molecule has 0 aliphatic heterocycles. The second-order valence-electron chi connectivity index (χ2n) is 15.4. The number of ether oxygens (including phenoxy) is 2. The fraction of sp³-hybridized carbons (Fsp3) is 0.955. The van der Waals surface area contributed by atoms with Crippen molar-refractivity contribution >= 4 is 19.8 Å². The second-order valence-corrected chi connectivity index (χ2v) is 16.9. The van der Waals surface area contributed by atoms with Crippen LogP contribution in [0.2, 0.25) is 0 Å². The molecular formula is C44H87O8P. The van der Waals surface area contributed by atoms with Gasteiger partial charge in [-0.3, -0.25) is 18.6 Å². The van der Waals surface area contributed by atoms with Crippen LogP contribution in [0.15, 0.2) is 0 Å². The third kappa shape index (κ3) is 40.5. The summed E-state index contributed by atoms with van der Waals surface area (Å²) in [6.45, 7) is 5.50. The van der Waals surface area contributed by atoms with Crippen molar-refractivity contribution in [2.24, 2.45) is 0 Å². The molecule has 0 spiro atoms. The molecule has 0 radical (unpaired) electrons. The Bertz CT molecular complexity index is 838. The number of phosphoric ester groups is 1. The van der Waals surface area contributed by atoms with Gasteiger partial charge in [0, 0.05) is 12.8 Å². The summed E-state index contributed by atoms with van der Waals surface area (Å²) in [6.07, 6.45) is 41.7. The number of esters is 2. The molecule has 316 valence electrons. The molecule has 0 aromatic carbocycles. The molecule has 0 aliphatic carbocycles. The highest BCUT2D eigenvalue weighted by Crippen LogP contribution is 2.43. The molecule has 2 unspecified atom stereocenters. The second kappa shape index (κ2) is 40.7. The average Bonchev–Trinajstić information content (AvgIpc) is 3.13. The molecule has 0 heterocycles. The molecule has 0 bridgehead atoms. The zero-order valence-electron chi connectivity index (χ0n) is 35.2. The van der Waals surface area contributed by atoms with E-state index in [0.29, 0.717) is 6.42 Å². The molecule has 0 rings (SSSR count). The summed E-state index contributed by atoms with van der Waals surface area (Å²) in [4.78, 5) is 34.7. The highest BCUT2D eigenvalue weighted by molar-refractivity contribution is 7.47. The molecule has 0 saturated heterocycles. The largest absolute Gasteiger partial charge is 0.472 e. The Morgan fingerprint density at radius 3 is 1.06 bits per heavy atom. The minimum absolute atomic E-state index is 0.00557. The zero-order valence-corrected chi connectivity index (χ0v) is 36.1. The Morgan fingerprint density at radius 1 is 0.434 bits per heavy atom. The summed E-state index contributed by atoms with van der Waals surface area (Å²) in [5.41, 5.74) is 0. The summed E-state index contributed by atoms with van der Waals surface area (Å²) < 4.78 is 32.6. The molecule has 8 nitrogen and oxygen atoms in total. The standard InChI is InChI=1S/C44H87O8P/c1-4-7-9-11-13-15-17-18-19-20-21-22-23-24-25-26-27-28-29-31-33-35-37-39-44(46)52-42(41-51-53(47,48)50-6-3)40-49-43(45)38-36-34-32-30-16-14-12-10-8-5-2/h42H,4-41H2,1-3H3,(H,47,48). The van der Waals surface area contributed by atoms with Crippen LogP contribution in [0.5, 0.6) is 0 Å². The van der Waals surface area contributed by atoms with Crippen LogP contribution in [0.25, 0.3) is 0 Å². The maximum Gasteiger partial charge on any atom is 0.472 e. The van der Waals surface area contributed by atoms with E-state index in [-0.39, 0.29) is 32.2 Å². The van der Waals surface area contributed by atoms with Crippen molar-refractivity contribution in [3.8, 4) is 0 Å². The predicted molar refractivity (Wildman–Crippen MR) is 221 cm³/mol. The lowest BCUT2D eigenvalue weighted by Crippen LogP contribution is -2.29. The first-order valence-corrected chi connectivity index (χ1v) is 24.3. The van der Waals surface area contributed by atoms with Crippen molar-refractivity contribution < 1.29 is 37.6 Å². The molecular weight excluding hydrogens is 687 g/mol. The number of phosphoric acid groups is 1.